The molecule has 0 amide bonds. The van der Waals surface area contributed by atoms with Gasteiger partial charge in [0, 0.05) is 27.0 Å². The minimum atomic E-state index is -0.595. The highest BCUT2D eigenvalue weighted by Crippen LogP contribution is 2.42. The summed E-state index contributed by atoms with van der Waals surface area (Å²) in [6.45, 7) is 3.54. The van der Waals surface area contributed by atoms with Gasteiger partial charge in [-0.05, 0) is 61.8 Å². The van der Waals surface area contributed by atoms with Crippen LogP contribution >= 0.6 is 34.7 Å². The third-order valence-corrected chi connectivity index (χ3v) is 7.98. The van der Waals surface area contributed by atoms with Crippen LogP contribution in [0.2, 0.25) is 0 Å². The predicted octanol–water partition coefficient (Wildman–Crippen LogP) is 6.27. The first-order valence-corrected chi connectivity index (χ1v) is 11.5. The van der Waals surface area contributed by atoms with Crippen LogP contribution < -0.4 is 0 Å². The summed E-state index contributed by atoms with van der Waals surface area (Å²) in [6.07, 6.45) is 2.73. The van der Waals surface area contributed by atoms with Crippen molar-refractivity contribution in [3.8, 4) is 0 Å². The van der Waals surface area contributed by atoms with E-state index in [1.807, 2.05) is 12.1 Å². The van der Waals surface area contributed by atoms with E-state index in [2.05, 4.69) is 6.58 Å². The van der Waals surface area contributed by atoms with Crippen molar-refractivity contribution in [1.29, 1.82) is 0 Å². The number of thioether (sulfide) groups is 1. The minimum Gasteiger partial charge on any atom is -0.507 e. The summed E-state index contributed by atoms with van der Waals surface area (Å²) < 4.78 is 26.8. The molecule has 1 fully saturated rings. The summed E-state index contributed by atoms with van der Waals surface area (Å²) in [4.78, 5) is 2.48. The highest BCUT2D eigenvalue weighted by atomic mass is 35.5. The maximum absolute atomic E-state index is 13.4. The van der Waals surface area contributed by atoms with Gasteiger partial charge in [-0.25, -0.2) is 8.78 Å². The lowest BCUT2D eigenvalue weighted by Gasteiger charge is -2.23. The molecule has 4 atom stereocenters. The molecule has 1 saturated carbocycles. The van der Waals surface area contributed by atoms with E-state index in [1.165, 1.54) is 40.1 Å². The minimum absolute atomic E-state index is 0.00468. The maximum Gasteiger partial charge on any atom is 0.127 e. The van der Waals surface area contributed by atoms with Crippen molar-refractivity contribution >= 4 is 40.5 Å². The topological polar surface area (TPSA) is 40.5 Å². The molecule has 0 bridgehead atoms. The fourth-order valence-corrected chi connectivity index (χ4v) is 6.41. The first-order valence-electron chi connectivity index (χ1n) is 9.21. The molecule has 1 heterocycles. The summed E-state index contributed by atoms with van der Waals surface area (Å²) in [5.41, 5.74) is 0. The molecule has 3 rings (SSSR count). The lowest BCUT2D eigenvalue weighted by atomic mass is 9.91. The summed E-state index contributed by atoms with van der Waals surface area (Å²) in [7, 11) is 0. The Morgan fingerprint density at radius 3 is 2.57 bits per heavy atom. The molecule has 0 aliphatic heterocycles. The van der Waals surface area contributed by atoms with E-state index in [-0.39, 0.29) is 23.0 Å². The molecule has 0 spiro atoms. The Labute approximate surface area is 177 Å². The molecule has 1 unspecified atom stereocenters. The van der Waals surface area contributed by atoms with Crippen molar-refractivity contribution in [1.82, 2.24) is 0 Å². The molecule has 1 aliphatic rings. The van der Waals surface area contributed by atoms with Crippen molar-refractivity contribution < 1.29 is 19.0 Å². The second-order valence-corrected chi connectivity index (χ2v) is 9.99. The van der Waals surface area contributed by atoms with Crippen LogP contribution in [0.4, 0.5) is 8.78 Å². The van der Waals surface area contributed by atoms with E-state index in [0.717, 1.165) is 30.2 Å². The number of benzene rings is 1. The van der Waals surface area contributed by atoms with E-state index in [0.29, 0.717) is 17.1 Å². The van der Waals surface area contributed by atoms with Gasteiger partial charge in [-0.2, -0.15) is 0 Å². The zero-order chi connectivity index (χ0) is 20.3. The number of aliphatic hydroxyl groups is 2. The second-order valence-electron chi connectivity index (χ2n) is 7.17. The average molecular weight is 445 g/mol. The zero-order valence-corrected chi connectivity index (χ0v) is 17.7. The smallest absolute Gasteiger partial charge is 0.127 e. The Balaban J connectivity index is 1.56. The highest BCUT2D eigenvalue weighted by Gasteiger charge is 2.40. The Morgan fingerprint density at radius 1 is 1.21 bits per heavy atom. The molecule has 1 aromatic heterocycles. The van der Waals surface area contributed by atoms with Gasteiger partial charge in [0.15, 0.2) is 0 Å². The van der Waals surface area contributed by atoms with Crippen LogP contribution in [0.1, 0.15) is 29.0 Å². The van der Waals surface area contributed by atoms with E-state index in [4.69, 9.17) is 11.6 Å². The van der Waals surface area contributed by atoms with Crippen molar-refractivity contribution in [3.05, 3.63) is 58.3 Å². The standard InChI is InChI=1S/C21H23ClF2O2S2/c1-12(25)21-6-5-15(28-21)3-2-4-17-18(20(26)10-19(17)22)11-27-16-8-13(23)7-14(24)9-16/h5-9,17-20,25-26H,1-4,10-11H2/t17-,18-,19?,20-/m1/s1. The molecule has 1 aromatic carbocycles. The van der Waals surface area contributed by atoms with Gasteiger partial charge >= 0.3 is 0 Å². The van der Waals surface area contributed by atoms with Crippen molar-refractivity contribution in [3.63, 3.8) is 0 Å². The Bertz CT molecular complexity index is 806. The van der Waals surface area contributed by atoms with Gasteiger partial charge < -0.3 is 10.2 Å². The van der Waals surface area contributed by atoms with Crippen LogP contribution in [0.5, 0.6) is 0 Å². The number of thiophene rings is 1. The number of aliphatic hydroxyl groups excluding tert-OH is 2. The zero-order valence-electron chi connectivity index (χ0n) is 15.3. The quantitative estimate of drug-likeness (QED) is 0.286. The van der Waals surface area contributed by atoms with Crippen molar-refractivity contribution in [2.75, 3.05) is 5.75 Å². The number of halogens is 3. The van der Waals surface area contributed by atoms with Crippen LogP contribution in [-0.2, 0) is 6.42 Å². The number of hydrogen-bond donors (Lipinski definition) is 2. The Kier molecular flexibility index (Phi) is 7.42. The molecule has 0 saturated heterocycles. The Morgan fingerprint density at radius 2 is 1.93 bits per heavy atom. The van der Waals surface area contributed by atoms with Crippen LogP contribution in [0.15, 0.2) is 41.8 Å². The third kappa shape index (κ3) is 5.50. The predicted molar refractivity (Wildman–Crippen MR) is 113 cm³/mol. The van der Waals surface area contributed by atoms with Gasteiger partial charge in [0.05, 0.1) is 11.0 Å². The fourth-order valence-electron chi connectivity index (χ4n) is 3.75. The molecular formula is C21H23ClF2O2S2. The lowest BCUT2D eigenvalue weighted by molar-refractivity contribution is 0.128. The molecule has 28 heavy (non-hydrogen) atoms. The van der Waals surface area contributed by atoms with Gasteiger partial charge in [0.25, 0.3) is 0 Å². The van der Waals surface area contributed by atoms with Gasteiger partial charge in [-0.1, -0.05) is 6.58 Å². The molecule has 152 valence electrons. The lowest BCUT2D eigenvalue weighted by Crippen LogP contribution is -2.23. The van der Waals surface area contributed by atoms with Crippen LogP contribution in [0.25, 0.3) is 5.76 Å². The normalized spacial score (nSPS) is 24.6. The second kappa shape index (κ2) is 9.61. The molecule has 1 aliphatic carbocycles. The first-order chi connectivity index (χ1) is 13.3. The summed E-state index contributed by atoms with van der Waals surface area (Å²) in [5.74, 6) is -0.373. The highest BCUT2D eigenvalue weighted by molar-refractivity contribution is 7.99. The SMILES string of the molecule is C=C(O)c1ccc(CCC[C@H]2C(Cl)C[C@@H](O)[C@@H]2CSc2cc(F)cc(F)c2)s1. The van der Waals surface area contributed by atoms with Gasteiger partial charge in [0.1, 0.15) is 17.4 Å². The van der Waals surface area contributed by atoms with E-state index in [9.17, 15) is 19.0 Å². The van der Waals surface area contributed by atoms with E-state index >= 15 is 0 Å². The monoisotopic (exact) mass is 444 g/mol. The maximum atomic E-state index is 13.4. The largest absolute Gasteiger partial charge is 0.507 e. The summed E-state index contributed by atoms with van der Waals surface area (Å²) in [5, 5.41) is 19.8. The number of hydrogen-bond acceptors (Lipinski definition) is 4. The van der Waals surface area contributed by atoms with Gasteiger partial charge in [-0.15, -0.1) is 34.7 Å². The summed E-state index contributed by atoms with van der Waals surface area (Å²) >= 11 is 9.38. The van der Waals surface area contributed by atoms with Gasteiger partial charge in [0.2, 0.25) is 0 Å². The number of alkyl halides is 1. The van der Waals surface area contributed by atoms with Crippen molar-refractivity contribution in [2.45, 2.75) is 42.1 Å². The number of rotatable bonds is 8. The van der Waals surface area contributed by atoms with Crippen LogP contribution in [-0.4, -0.2) is 27.4 Å². The van der Waals surface area contributed by atoms with E-state index in [1.54, 1.807) is 0 Å². The van der Waals surface area contributed by atoms with Crippen molar-refractivity contribution in [2.24, 2.45) is 11.8 Å². The third-order valence-electron chi connectivity index (χ3n) is 5.16. The number of aryl methyl sites for hydroxylation is 1. The van der Waals surface area contributed by atoms with E-state index < -0.39 is 17.7 Å². The summed E-state index contributed by atoms with van der Waals surface area (Å²) in [6, 6.07) is 7.34. The molecule has 2 aromatic rings. The molecule has 2 N–H and O–H groups in total. The first kappa shape index (κ1) is 21.6. The van der Waals surface area contributed by atoms with Gasteiger partial charge in [-0.3, -0.25) is 0 Å². The molecule has 0 radical (unpaired) electrons. The molecule has 7 heteroatoms. The Hall–Kier alpha value is -1.08. The average Bonchev–Trinajstić information content (AvgIpc) is 3.18. The molecular weight excluding hydrogens is 422 g/mol. The fraction of sp³-hybridized carbons (Fsp3) is 0.429. The van der Waals surface area contributed by atoms with Crippen LogP contribution in [0.3, 0.4) is 0 Å². The van der Waals surface area contributed by atoms with Crippen LogP contribution in [0, 0.1) is 23.5 Å². The molecule has 2 nitrogen and oxygen atoms in total.